The monoisotopic (exact) mass is 418 g/mol. The molecule has 2 aromatic carbocycles. The first-order valence-corrected chi connectivity index (χ1v) is 11.3. The molecule has 0 heterocycles. The Morgan fingerprint density at radius 3 is 2.13 bits per heavy atom. The first kappa shape index (κ1) is 22.7. The van der Waals surface area contributed by atoms with Crippen molar-refractivity contribution in [3.05, 3.63) is 64.5 Å². The van der Waals surface area contributed by atoms with Gasteiger partial charge in [0.25, 0.3) is 0 Å². The van der Waals surface area contributed by atoms with Crippen LogP contribution in [0, 0.1) is 23.4 Å². The zero-order valence-electron chi connectivity index (χ0n) is 18.2. The van der Waals surface area contributed by atoms with E-state index in [2.05, 4.69) is 6.92 Å². The van der Waals surface area contributed by atoms with Crippen molar-refractivity contribution in [1.29, 1.82) is 0 Å². The topological polar surface area (TPSA) is 9.23 Å². The van der Waals surface area contributed by atoms with Gasteiger partial charge in [-0.1, -0.05) is 38.0 Å². The minimum Gasteiger partial charge on any atom is -0.497 e. The first-order chi connectivity index (χ1) is 14.5. The van der Waals surface area contributed by atoms with Crippen LogP contribution in [0.25, 0.3) is 0 Å². The molecule has 1 saturated carbocycles. The molecule has 1 fully saturated rings. The highest BCUT2D eigenvalue weighted by molar-refractivity contribution is 5.31. The summed E-state index contributed by atoms with van der Waals surface area (Å²) in [6.45, 7) is 2.10. The fourth-order valence-corrected chi connectivity index (χ4v) is 4.67. The van der Waals surface area contributed by atoms with Gasteiger partial charge in [-0.2, -0.15) is 0 Å². The highest BCUT2D eigenvalue weighted by Crippen LogP contribution is 2.39. The lowest BCUT2D eigenvalue weighted by Gasteiger charge is -2.29. The normalized spacial score (nSPS) is 19.1. The molecular weight excluding hydrogens is 385 g/mol. The second kappa shape index (κ2) is 10.9. The van der Waals surface area contributed by atoms with Crippen LogP contribution in [0.2, 0.25) is 0 Å². The molecule has 0 unspecified atom stereocenters. The predicted octanol–water partition coefficient (Wildman–Crippen LogP) is 7.75. The molecule has 1 aliphatic carbocycles. The number of halogens is 3. The van der Waals surface area contributed by atoms with Gasteiger partial charge in [0.15, 0.2) is 11.6 Å². The highest BCUT2D eigenvalue weighted by Gasteiger charge is 2.25. The van der Waals surface area contributed by atoms with Gasteiger partial charge in [-0.05, 0) is 86.0 Å². The van der Waals surface area contributed by atoms with E-state index in [0.717, 1.165) is 56.9 Å². The maximum Gasteiger partial charge on any atom is 0.162 e. The molecule has 1 aliphatic rings. The Labute approximate surface area is 178 Å². The van der Waals surface area contributed by atoms with Crippen molar-refractivity contribution in [2.45, 2.75) is 77.0 Å². The smallest absolute Gasteiger partial charge is 0.162 e. The second-order valence-corrected chi connectivity index (χ2v) is 8.61. The number of hydrogen-bond donors (Lipinski definition) is 0. The Morgan fingerprint density at radius 1 is 0.867 bits per heavy atom. The minimum absolute atomic E-state index is 0.200. The maximum atomic E-state index is 14.5. The van der Waals surface area contributed by atoms with Gasteiger partial charge in [0.05, 0.1) is 7.11 Å². The Hall–Kier alpha value is -1.97. The summed E-state index contributed by atoms with van der Waals surface area (Å²) < 4.78 is 48.3. The quantitative estimate of drug-likeness (QED) is 0.378. The molecule has 1 nitrogen and oxygen atoms in total. The zero-order chi connectivity index (χ0) is 21.5. The van der Waals surface area contributed by atoms with E-state index in [1.807, 2.05) is 12.1 Å². The molecule has 0 atom stereocenters. The number of ether oxygens (including phenoxy) is 1. The molecule has 0 N–H and O–H groups in total. The number of methoxy groups -OCH3 is 1. The van der Waals surface area contributed by atoms with Crippen molar-refractivity contribution in [3.63, 3.8) is 0 Å². The number of benzene rings is 2. The van der Waals surface area contributed by atoms with Crippen molar-refractivity contribution in [2.75, 3.05) is 7.11 Å². The molecule has 0 radical (unpaired) electrons. The summed E-state index contributed by atoms with van der Waals surface area (Å²) in [7, 11) is 1.54. The molecule has 0 aliphatic heterocycles. The van der Waals surface area contributed by atoms with Gasteiger partial charge >= 0.3 is 0 Å². The Balaban J connectivity index is 1.51. The van der Waals surface area contributed by atoms with Crippen LogP contribution in [0.4, 0.5) is 13.2 Å². The fourth-order valence-electron chi connectivity index (χ4n) is 4.67. The van der Waals surface area contributed by atoms with Crippen LogP contribution in [-0.4, -0.2) is 7.11 Å². The van der Waals surface area contributed by atoms with Crippen LogP contribution in [-0.2, 0) is 12.8 Å². The van der Waals surface area contributed by atoms with E-state index in [9.17, 15) is 13.2 Å². The Bertz CT molecular complexity index is 825. The van der Waals surface area contributed by atoms with E-state index < -0.39 is 11.6 Å². The SMILES string of the molecule is CCCCCc1ccc(CCC2CCC(c3ccc(OC)cc3F)CC2)c(F)c1F. The molecule has 0 amide bonds. The van der Waals surface area contributed by atoms with Gasteiger partial charge < -0.3 is 4.74 Å². The third kappa shape index (κ3) is 5.59. The summed E-state index contributed by atoms with van der Waals surface area (Å²) in [5.41, 5.74) is 1.74. The summed E-state index contributed by atoms with van der Waals surface area (Å²) in [6.07, 6.45) is 8.86. The molecule has 0 spiro atoms. The lowest BCUT2D eigenvalue weighted by molar-refractivity contribution is 0.305. The van der Waals surface area contributed by atoms with Crippen LogP contribution >= 0.6 is 0 Å². The molecule has 2 aromatic rings. The van der Waals surface area contributed by atoms with E-state index in [1.165, 1.54) is 13.2 Å². The average Bonchev–Trinajstić information content (AvgIpc) is 2.76. The summed E-state index contributed by atoms with van der Waals surface area (Å²) in [5.74, 6) is -0.289. The number of aryl methyl sites for hydroxylation is 2. The molecule has 164 valence electrons. The van der Waals surface area contributed by atoms with Crippen LogP contribution in [0.5, 0.6) is 5.75 Å². The highest BCUT2D eigenvalue weighted by atomic mass is 19.2. The van der Waals surface area contributed by atoms with Gasteiger partial charge in [0.1, 0.15) is 11.6 Å². The second-order valence-electron chi connectivity index (χ2n) is 8.61. The summed E-state index contributed by atoms with van der Waals surface area (Å²) >= 11 is 0. The van der Waals surface area contributed by atoms with Crippen LogP contribution in [0.3, 0.4) is 0 Å². The van der Waals surface area contributed by atoms with Crippen LogP contribution in [0.1, 0.15) is 80.9 Å². The zero-order valence-corrected chi connectivity index (χ0v) is 18.2. The van der Waals surface area contributed by atoms with Gasteiger partial charge in [-0.15, -0.1) is 0 Å². The third-order valence-corrected chi connectivity index (χ3v) is 6.61. The van der Waals surface area contributed by atoms with Crippen molar-refractivity contribution in [3.8, 4) is 5.75 Å². The van der Waals surface area contributed by atoms with Gasteiger partial charge in [0, 0.05) is 6.07 Å². The van der Waals surface area contributed by atoms with E-state index >= 15 is 0 Å². The van der Waals surface area contributed by atoms with E-state index in [0.29, 0.717) is 35.6 Å². The van der Waals surface area contributed by atoms with Gasteiger partial charge in [-0.3, -0.25) is 0 Å². The van der Waals surface area contributed by atoms with Crippen molar-refractivity contribution >= 4 is 0 Å². The number of rotatable bonds is 9. The molecule has 30 heavy (non-hydrogen) atoms. The Morgan fingerprint density at radius 2 is 1.53 bits per heavy atom. The largest absolute Gasteiger partial charge is 0.497 e. The van der Waals surface area contributed by atoms with Crippen molar-refractivity contribution in [1.82, 2.24) is 0 Å². The minimum atomic E-state index is -0.669. The van der Waals surface area contributed by atoms with E-state index in [-0.39, 0.29) is 11.7 Å². The molecule has 0 bridgehead atoms. The predicted molar refractivity (Wildman–Crippen MR) is 116 cm³/mol. The molecule has 4 heteroatoms. The lowest BCUT2D eigenvalue weighted by atomic mass is 9.76. The standard InChI is InChI=1S/C26H33F3O/c1-3-4-5-6-20-13-14-21(26(29)25(20)28)12-9-18-7-10-19(11-8-18)23-16-15-22(30-2)17-24(23)27/h13-19H,3-12H2,1-2H3. The molecule has 3 rings (SSSR count). The summed E-state index contributed by atoms with van der Waals surface area (Å²) in [6, 6.07) is 8.61. The summed E-state index contributed by atoms with van der Waals surface area (Å²) in [4.78, 5) is 0. The summed E-state index contributed by atoms with van der Waals surface area (Å²) in [5, 5.41) is 0. The lowest BCUT2D eigenvalue weighted by Crippen LogP contribution is -2.15. The van der Waals surface area contributed by atoms with Crippen molar-refractivity contribution in [2.24, 2.45) is 5.92 Å². The molecular formula is C26H33F3O. The Kier molecular flexibility index (Phi) is 8.24. The van der Waals surface area contributed by atoms with Crippen molar-refractivity contribution < 1.29 is 17.9 Å². The van der Waals surface area contributed by atoms with Crippen LogP contribution in [0.15, 0.2) is 30.3 Å². The van der Waals surface area contributed by atoms with Crippen LogP contribution < -0.4 is 4.74 Å². The molecule has 0 saturated heterocycles. The molecule has 0 aromatic heterocycles. The maximum absolute atomic E-state index is 14.5. The first-order valence-electron chi connectivity index (χ1n) is 11.3. The fraction of sp³-hybridized carbons (Fsp3) is 0.538. The average molecular weight is 419 g/mol. The van der Waals surface area contributed by atoms with E-state index in [1.54, 1.807) is 12.1 Å². The number of unbranched alkanes of at least 4 members (excludes halogenated alkanes) is 2. The van der Waals surface area contributed by atoms with Gasteiger partial charge in [0.2, 0.25) is 0 Å². The van der Waals surface area contributed by atoms with Gasteiger partial charge in [-0.25, -0.2) is 13.2 Å². The third-order valence-electron chi connectivity index (χ3n) is 6.61. The number of hydrogen-bond acceptors (Lipinski definition) is 1. The van der Waals surface area contributed by atoms with E-state index in [4.69, 9.17) is 4.74 Å².